The normalized spacial score (nSPS) is 15.4. The molecule has 2 aromatic carbocycles. The Morgan fingerprint density at radius 2 is 1.91 bits per heavy atom. The van der Waals surface area contributed by atoms with Crippen molar-refractivity contribution in [1.82, 2.24) is 9.80 Å². The van der Waals surface area contributed by atoms with E-state index in [1.807, 2.05) is 55.6 Å². The third kappa shape index (κ3) is 5.48. The summed E-state index contributed by atoms with van der Waals surface area (Å²) in [5, 5.41) is 19.2. The number of likely N-dealkylation sites (tertiary alicyclic amines) is 1. The number of furan rings is 1. The van der Waals surface area contributed by atoms with Gasteiger partial charge in [-0.2, -0.15) is 0 Å². The SMILES string of the molecule is CN(C(=O)Cc1cc2ccccc2o1)[C@H](CN1CCCC1)c1cccc(OCC(O)O)c1. The predicted molar refractivity (Wildman–Crippen MR) is 121 cm³/mol. The number of amides is 1. The molecular weight excluding hydrogens is 408 g/mol. The summed E-state index contributed by atoms with van der Waals surface area (Å²) in [5.74, 6) is 1.17. The highest BCUT2D eigenvalue weighted by Gasteiger charge is 2.26. The first-order valence-electron chi connectivity index (χ1n) is 11.0. The third-order valence-electron chi connectivity index (χ3n) is 5.93. The lowest BCUT2D eigenvalue weighted by atomic mass is 10.0. The van der Waals surface area contributed by atoms with Gasteiger partial charge in [-0.1, -0.05) is 30.3 Å². The zero-order valence-electron chi connectivity index (χ0n) is 18.3. The maximum atomic E-state index is 13.2. The Balaban J connectivity index is 1.53. The van der Waals surface area contributed by atoms with Gasteiger partial charge in [0.15, 0.2) is 6.29 Å². The Bertz CT molecular complexity index is 1010. The first-order valence-corrected chi connectivity index (χ1v) is 11.0. The van der Waals surface area contributed by atoms with E-state index in [9.17, 15) is 4.79 Å². The van der Waals surface area contributed by atoms with Crippen LogP contribution in [-0.2, 0) is 11.2 Å². The van der Waals surface area contributed by atoms with E-state index in [1.54, 1.807) is 11.0 Å². The first-order chi connectivity index (χ1) is 15.5. The zero-order valence-corrected chi connectivity index (χ0v) is 18.3. The van der Waals surface area contributed by atoms with Gasteiger partial charge in [0.2, 0.25) is 5.91 Å². The average Bonchev–Trinajstić information content (AvgIpc) is 3.45. The van der Waals surface area contributed by atoms with Gasteiger partial charge >= 0.3 is 0 Å². The second-order valence-electron chi connectivity index (χ2n) is 8.32. The summed E-state index contributed by atoms with van der Waals surface area (Å²) in [6, 6.07) is 17.0. The zero-order chi connectivity index (χ0) is 22.5. The number of carbonyl (C=O) groups is 1. The summed E-state index contributed by atoms with van der Waals surface area (Å²) in [6.45, 7) is 2.57. The molecule has 170 valence electrons. The van der Waals surface area contributed by atoms with Crippen LogP contribution >= 0.6 is 0 Å². The third-order valence-corrected chi connectivity index (χ3v) is 5.93. The minimum absolute atomic E-state index is 0.0228. The van der Waals surface area contributed by atoms with Crippen LogP contribution in [0.3, 0.4) is 0 Å². The molecule has 2 N–H and O–H groups in total. The monoisotopic (exact) mass is 438 g/mol. The fourth-order valence-electron chi connectivity index (χ4n) is 4.22. The van der Waals surface area contributed by atoms with E-state index in [0.29, 0.717) is 11.5 Å². The van der Waals surface area contributed by atoms with Gasteiger partial charge in [0.05, 0.1) is 12.5 Å². The van der Waals surface area contributed by atoms with Crippen molar-refractivity contribution >= 4 is 16.9 Å². The Kier molecular flexibility index (Phi) is 7.09. The van der Waals surface area contributed by atoms with Crippen LogP contribution < -0.4 is 4.74 Å². The van der Waals surface area contributed by atoms with E-state index in [0.717, 1.165) is 36.2 Å². The summed E-state index contributed by atoms with van der Waals surface area (Å²) >= 11 is 0. The second-order valence-corrected chi connectivity index (χ2v) is 8.32. The van der Waals surface area contributed by atoms with Gasteiger partial charge in [-0.25, -0.2) is 0 Å². The van der Waals surface area contributed by atoms with Crippen LogP contribution in [0.1, 0.15) is 30.2 Å². The Hall–Kier alpha value is -2.87. The fraction of sp³-hybridized carbons (Fsp3) is 0.400. The van der Waals surface area contributed by atoms with Crippen LogP contribution in [0.15, 0.2) is 59.0 Å². The van der Waals surface area contributed by atoms with Crippen LogP contribution in [0.25, 0.3) is 11.0 Å². The fourth-order valence-corrected chi connectivity index (χ4v) is 4.22. The number of carbonyl (C=O) groups excluding carboxylic acids is 1. The molecule has 7 nitrogen and oxygen atoms in total. The quantitative estimate of drug-likeness (QED) is 0.500. The molecule has 1 aliphatic heterocycles. The van der Waals surface area contributed by atoms with Gasteiger partial charge in [0.25, 0.3) is 0 Å². The smallest absolute Gasteiger partial charge is 0.230 e. The number of para-hydroxylation sites is 1. The van der Waals surface area contributed by atoms with Crippen molar-refractivity contribution in [2.24, 2.45) is 0 Å². The lowest BCUT2D eigenvalue weighted by Crippen LogP contribution is -2.39. The highest BCUT2D eigenvalue weighted by atomic mass is 16.5. The molecule has 0 bridgehead atoms. The highest BCUT2D eigenvalue weighted by Crippen LogP contribution is 2.27. The minimum atomic E-state index is -1.54. The molecule has 1 amide bonds. The van der Waals surface area contributed by atoms with E-state index < -0.39 is 6.29 Å². The van der Waals surface area contributed by atoms with Gasteiger partial charge in [-0.15, -0.1) is 0 Å². The van der Waals surface area contributed by atoms with Gasteiger partial charge in [0.1, 0.15) is 23.7 Å². The average molecular weight is 439 g/mol. The molecular formula is C25H30N2O5. The van der Waals surface area contributed by atoms with Crippen molar-refractivity contribution in [2.45, 2.75) is 31.6 Å². The van der Waals surface area contributed by atoms with E-state index >= 15 is 0 Å². The summed E-state index contributed by atoms with van der Waals surface area (Å²) in [5.41, 5.74) is 1.73. The summed E-state index contributed by atoms with van der Waals surface area (Å²) in [7, 11) is 1.83. The highest BCUT2D eigenvalue weighted by molar-refractivity contribution is 5.82. The number of hydrogen-bond donors (Lipinski definition) is 2. The molecule has 0 spiro atoms. The number of hydrogen-bond acceptors (Lipinski definition) is 6. The summed E-state index contributed by atoms with van der Waals surface area (Å²) < 4.78 is 11.3. The number of likely N-dealkylation sites (N-methyl/N-ethyl adjacent to an activating group) is 1. The molecule has 1 saturated heterocycles. The van der Waals surface area contributed by atoms with Crippen molar-refractivity contribution in [3.63, 3.8) is 0 Å². The Labute approximate surface area is 187 Å². The van der Waals surface area contributed by atoms with Crippen molar-refractivity contribution in [2.75, 3.05) is 33.3 Å². The molecule has 3 aromatic rings. The lowest BCUT2D eigenvalue weighted by Gasteiger charge is -2.32. The Morgan fingerprint density at radius 3 is 2.66 bits per heavy atom. The van der Waals surface area contributed by atoms with Gasteiger partial charge in [0, 0.05) is 19.0 Å². The maximum absolute atomic E-state index is 13.2. The number of aliphatic hydroxyl groups excluding tert-OH is 1. The van der Waals surface area contributed by atoms with Crippen molar-refractivity contribution < 1.29 is 24.2 Å². The summed E-state index contributed by atoms with van der Waals surface area (Å²) in [6.07, 6.45) is 0.989. The Morgan fingerprint density at radius 1 is 1.12 bits per heavy atom. The standard InChI is InChI=1S/C25H30N2O5/c1-26(24(28)15-21-14-19-7-2-3-10-23(19)32-21)22(16-27-11-4-5-12-27)18-8-6-9-20(13-18)31-17-25(29)30/h2-3,6-10,13-14,22,25,29-30H,4-5,11-12,15-17H2,1H3/t22-/m1/s1. The molecule has 1 aliphatic rings. The molecule has 0 saturated carbocycles. The van der Waals surface area contributed by atoms with E-state index in [4.69, 9.17) is 19.4 Å². The van der Waals surface area contributed by atoms with Crippen LogP contribution in [-0.4, -0.2) is 65.5 Å². The number of ether oxygens (including phenoxy) is 1. The number of aliphatic hydroxyl groups is 2. The second kappa shape index (κ2) is 10.2. The van der Waals surface area contributed by atoms with Gasteiger partial charge in [-0.05, 0) is 55.8 Å². The minimum Gasteiger partial charge on any atom is -0.488 e. The molecule has 2 heterocycles. The topological polar surface area (TPSA) is 86.4 Å². The van der Waals surface area contributed by atoms with Crippen LogP contribution in [0.4, 0.5) is 0 Å². The van der Waals surface area contributed by atoms with E-state index in [-0.39, 0.29) is 25.0 Å². The number of nitrogens with zero attached hydrogens (tertiary/aromatic N) is 2. The number of fused-ring (bicyclic) bond motifs is 1. The molecule has 32 heavy (non-hydrogen) atoms. The maximum Gasteiger partial charge on any atom is 0.230 e. The van der Waals surface area contributed by atoms with Gasteiger partial charge in [-0.3, -0.25) is 4.79 Å². The lowest BCUT2D eigenvalue weighted by molar-refractivity contribution is -0.132. The van der Waals surface area contributed by atoms with Gasteiger partial charge < -0.3 is 29.2 Å². The molecule has 0 radical (unpaired) electrons. The van der Waals surface area contributed by atoms with Crippen molar-refractivity contribution in [3.8, 4) is 5.75 Å². The van der Waals surface area contributed by atoms with E-state index in [2.05, 4.69) is 4.90 Å². The number of benzene rings is 2. The van der Waals surface area contributed by atoms with Crippen LogP contribution in [0.2, 0.25) is 0 Å². The molecule has 7 heteroatoms. The molecule has 0 aliphatic carbocycles. The molecule has 1 aromatic heterocycles. The summed E-state index contributed by atoms with van der Waals surface area (Å²) in [4.78, 5) is 17.4. The van der Waals surface area contributed by atoms with Crippen molar-refractivity contribution in [3.05, 3.63) is 65.9 Å². The van der Waals surface area contributed by atoms with Crippen LogP contribution in [0, 0.1) is 0 Å². The molecule has 1 atom stereocenters. The molecule has 0 unspecified atom stereocenters. The first kappa shape index (κ1) is 22.3. The largest absolute Gasteiger partial charge is 0.488 e. The number of rotatable bonds is 9. The van der Waals surface area contributed by atoms with Crippen molar-refractivity contribution in [1.29, 1.82) is 0 Å². The van der Waals surface area contributed by atoms with Crippen LogP contribution in [0.5, 0.6) is 5.75 Å². The molecule has 4 rings (SSSR count). The predicted octanol–water partition coefficient (Wildman–Crippen LogP) is 2.96. The molecule has 1 fully saturated rings. The van der Waals surface area contributed by atoms with E-state index in [1.165, 1.54) is 12.8 Å².